The van der Waals surface area contributed by atoms with Gasteiger partial charge in [0.05, 0.1) is 19.3 Å². The van der Waals surface area contributed by atoms with Crippen LogP contribution in [0.2, 0.25) is 0 Å². The molecule has 112 valence electrons. The molecular weight excluding hydrogens is 266 g/mol. The molecule has 0 bridgehead atoms. The molecule has 0 saturated carbocycles. The summed E-state index contributed by atoms with van der Waals surface area (Å²) >= 11 is 0. The van der Waals surface area contributed by atoms with Gasteiger partial charge in [-0.3, -0.25) is 0 Å². The Morgan fingerprint density at radius 1 is 1.14 bits per heavy atom. The molecule has 0 unspecified atom stereocenters. The summed E-state index contributed by atoms with van der Waals surface area (Å²) < 4.78 is 5.43. The normalized spacial score (nSPS) is 12.1. The van der Waals surface area contributed by atoms with Gasteiger partial charge in [0, 0.05) is 12.1 Å². The van der Waals surface area contributed by atoms with Crippen LogP contribution in [0.3, 0.4) is 0 Å². The van der Waals surface area contributed by atoms with Crippen LogP contribution < -0.4 is 10.1 Å². The number of aliphatic hydroxyl groups excluding tert-OH is 1. The summed E-state index contributed by atoms with van der Waals surface area (Å²) in [5, 5.41) is 22.7. The standard InChI is InChI=1S/C17H21NO3/c1-2-21-15-8-9-17(20)14(10-15)11-18-16(12-19)13-6-4-3-5-7-13/h3-10,16,18-20H,2,11-12H2,1H3/t16-/m1/s1. The Balaban J connectivity index is 2.06. The Labute approximate surface area is 125 Å². The minimum atomic E-state index is -0.165. The monoisotopic (exact) mass is 287 g/mol. The first-order valence-corrected chi connectivity index (χ1v) is 7.08. The predicted octanol–water partition coefficient (Wildman–Crippen LogP) is 2.61. The molecule has 2 rings (SSSR count). The average Bonchev–Trinajstić information content (AvgIpc) is 2.52. The lowest BCUT2D eigenvalue weighted by molar-refractivity contribution is 0.243. The zero-order chi connectivity index (χ0) is 15.1. The third-order valence-corrected chi connectivity index (χ3v) is 3.29. The molecule has 2 aromatic carbocycles. The summed E-state index contributed by atoms with van der Waals surface area (Å²) in [6.45, 7) is 2.95. The van der Waals surface area contributed by atoms with E-state index in [4.69, 9.17) is 4.74 Å². The van der Waals surface area contributed by atoms with Crippen LogP contribution in [0.5, 0.6) is 11.5 Å². The van der Waals surface area contributed by atoms with E-state index >= 15 is 0 Å². The largest absolute Gasteiger partial charge is 0.508 e. The fraction of sp³-hybridized carbons (Fsp3) is 0.294. The molecule has 0 heterocycles. The first-order valence-electron chi connectivity index (χ1n) is 7.08. The summed E-state index contributed by atoms with van der Waals surface area (Å²) in [4.78, 5) is 0. The lowest BCUT2D eigenvalue weighted by atomic mass is 10.1. The molecule has 21 heavy (non-hydrogen) atoms. The van der Waals surface area contributed by atoms with Crippen LogP contribution in [0.25, 0.3) is 0 Å². The second-order valence-electron chi connectivity index (χ2n) is 4.75. The van der Waals surface area contributed by atoms with Gasteiger partial charge < -0.3 is 20.3 Å². The molecule has 0 amide bonds. The summed E-state index contributed by atoms with van der Waals surface area (Å²) in [6.07, 6.45) is 0. The molecule has 0 aliphatic heterocycles. The van der Waals surface area contributed by atoms with Gasteiger partial charge in [-0.1, -0.05) is 30.3 Å². The lowest BCUT2D eigenvalue weighted by Crippen LogP contribution is -2.24. The van der Waals surface area contributed by atoms with E-state index in [-0.39, 0.29) is 18.4 Å². The average molecular weight is 287 g/mol. The lowest BCUT2D eigenvalue weighted by Gasteiger charge is -2.17. The van der Waals surface area contributed by atoms with Crippen molar-refractivity contribution in [3.8, 4) is 11.5 Å². The number of phenols is 1. The van der Waals surface area contributed by atoms with E-state index in [9.17, 15) is 10.2 Å². The van der Waals surface area contributed by atoms with Gasteiger partial charge in [-0.05, 0) is 30.7 Å². The quantitative estimate of drug-likeness (QED) is 0.732. The van der Waals surface area contributed by atoms with E-state index < -0.39 is 0 Å². The number of phenolic OH excluding ortho intramolecular Hbond substituents is 1. The number of rotatable bonds is 7. The molecule has 4 nitrogen and oxygen atoms in total. The van der Waals surface area contributed by atoms with Crippen LogP contribution in [0.15, 0.2) is 48.5 Å². The van der Waals surface area contributed by atoms with E-state index in [1.54, 1.807) is 12.1 Å². The number of aromatic hydroxyl groups is 1. The molecule has 0 saturated heterocycles. The first kappa shape index (κ1) is 15.4. The minimum absolute atomic E-state index is 0.00404. The summed E-state index contributed by atoms with van der Waals surface area (Å²) in [5.41, 5.74) is 1.76. The highest BCUT2D eigenvalue weighted by Gasteiger charge is 2.11. The molecule has 0 aliphatic rings. The second-order valence-corrected chi connectivity index (χ2v) is 4.75. The number of nitrogens with one attached hydrogen (secondary N) is 1. The second kappa shape index (κ2) is 7.67. The Morgan fingerprint density at radius 3 is 2.57 bits per heavy atom. The molecule has 3 N–H and O–H groups in total. The van der Waals surface area contributed by atoms with Crippen molar-refractivity contribution in [3.63, 3.8) is 0 Å². The Bertz CT molecular complexity index is 557. The van der Waals surface area contributed by atoms with E-state index in [0.717, 1.165) is 16.9 Å². The molecule has 1 atom stereocenters. The minimum Gasteiger partial charge on any atom is -0.508 e. The number of ether oxygens (including phenoxy) is 1. The third-order valence-electron chi connectivity index (χ3n) is 3.29. The van der Waals surface area contributed by atoms with Gasteiger partial charge in [-0.15, -0.1) is 0 Å². The van der Waals surface area contributed by atoms with Crippen LogP contribution in [0, 0.1) is 0 Å². The highest BCUT2D eigenvalue weighted by Crippen LogP contribution is 2.24. The van der Waals surface area contributed by atoms with Crippen LogP contribution in [0.1, 0.15) is 24.1 Å². The Kier molecular flexibility index (Phi) is 5.60. The van der Waals surface area contributed by atoms with Gasteiger partial charge in [-0.25, -0.2) is 0 Å². The topological polar surface area (TPSA) is 61.7 Å². The van der Waals surface area contributed by atoms with Crippen LogP contribution >= 0.6 is 0 Å². The SMILES string of the molecule is CCOc1ccc(O)c(CN[C@H](CO)c2ccccc2)c1. The number of hydrogen-bond donors (Lipinski definition) is 3. The van der Waals surface area contributed by atoms with E-state index in [1.807, 2.05) is 43.3 Å². The van der Waals surface area contributed by atoms with Crippen molar-refractivity contribution in [2.24, 2.45) is 0 Å². The zero-order valence-electron chi connectivity index (χ0n) is 12.1. The Morgan fingerprint density at radius 2 is 1.90 bits per heavy atom. The number of hydrogen-bond acceptors (Lipinski definition) is 4. The first-order chi connectivity index (χ1) is 10.2. The van der Waals surface area contributed by atoms with Crippen molar-refractivity contribution in [1.29, 1.82) is 0 Å². The van der Waals surface area contributed by atoms with E-state index in [2.05, 4.69) is 5.32 Å². The Hall–Kier alpha value is -2.04. The molecular formula is C17H21NO3. The summed E-state index contributed by atoms with van der Waals surface area (Å²) in [7, 11) is 0. The van der Waals surface area contributed by atoms with E-state index in [1.165, 1.54) is 0 Å². The van der Waals surface area contributed by atoms with Gasteiger partial charge in [0.25, 0.3) is 0 Å². The summed E-state index contributed by atoms with van der Waals surface area (Å²) in [6, 6.07) is 14.7. The van der Waals surface area contributed by atoms with E-state index in [0.29, 0.717) is 13.2 Å². The number of aliphatic hydroxyl groups is 1. The molecule has 0 radical (unpaired) electrons. The summed E-state index contributed by atoms with van der Waals surface area (Å²) in [5.74, 6) is 0.947. The van der Waals surface area contributed by atoms with Gasteiger partial charge in [0.1, 0.15) is 11.5 Å². The molecule has 0 aromatic heterocycles. The molecule has 0 spiro atoms. The van der Waals surface area contributed by atoms with Crippen molar-refractivity contribution in [1.82, 2.24) is 5.32 Å². The molecule has 2 aromatic rings. The third kappa shape index (κ3) is 4.21. The van der Waals surface area contributed by atoms with Crippen molar-refractivity contribution in [3.05, 3.63) is 59.7 Å². The molecule has 4 heteroatoms. The highest BCUT2D eigenvalue weighted by molar-refractivity contribution is 5.39. The zero-order valence-corrected chi connectivity index (χ0v) is 12.1. The van der Waals surface area contributed by atoms with Crippen molar-refractivity contribution in [2.45, 2.75) is 19.5 Å². The van der Waals surface area contributed by atoms with Gasteiger partial charge >= 0.3 is 0 Å². The van der Waals surface area contributed by atoms with Gasteiger partial charge in [-0.2, -0.15) is 0 Å². The maximum absolute atomic E-state index is 9.90. The predicted molar refractivity (Wildman–Crippen MR) is 82.4 cm³/mol. The van der Waals surface area contributed by atoms with Crippen molar-refractivity contribution in [2.75, 3.05) is 13.2 Å². The molecule has 0 fully saturated rings. The van der Waals surface area contributed by atoms with Gasteiger partial charge in [0.2, 0.25) is 0 Å². The smallest absolute Gasteiger partial charge is 0.120 e. The fourth-order valence-corrected chi connectivity index (χ4v) is 2.17. The van der Waals surface area contributed by atoms with Crippen molar-refractivity contribution >= 4 is 0 Å². The van der Waals surface area contributed by atoms with Crippen molar-refractivity contribution < 1.29 is 14.9 Å². The van der Waals surface area contributed by atoms with Crippen LogP contribution in [0.4, 0.5) is 0 Å². The van der Waals surface area contributed by atoms with Crippen LogP contribution in [-0.4, -0.2) is 23.4 Å². The maximum Gasteiger partial charge on any atom is 0.120 e. The fourth-order valence-electron chi connectivity index (χ4n) is 2.17. The highest BCUT2D eigenvalue weighted by atomic mass is 16.5. The number of benzene rings is 2. The van der Waals surface area contributed by atoms with Crippen LogP contribution in [-0.2, 0) is 6.54 Å². The van der Waals surface area contributed by atoms with Gasteiger partial charge in [0.15, 0.2) is 0 Å². The maximum atomic E-state index is 9.90. The molecule has 0 aliphatic carbocycles.